The number of amides is 1. The average Bonchev–Trinajstić information content (AvgIpc) is 3.07. The third-order valence-corrected chi connectivity index (χ3v) is 4.80. The molecule has 0 radical (unpaired) electrons. The lowest BCUT2D eigenvalue weighted by atomic mass is 10.2. The summed E-state index contributed by atoms with van der Waals surface area (Å²) in [7, 11) is 1.62. The number of carbonyl (C=O) groups excluding carboxylic acids is 2. The quantitative estimate of drug-likeness (QED) is 0.668. The van der Waals surface area contributed by atoms with E-state index in [4.69, 9.17) is 14.2 Å². The van der Waals surface area contributed by atoms with Gasteiger partial charge in [0.15, 0.2) is 0 Å². The maximum Gasteiger partial charge on any atom is 0.306 e. The van der Waals surface area contributed by atoms with Gasteiger partial charge in [0.05, 0.1) is 20.1 Å². The molecule has 24 heavy (non-hydrogen) atoms. The number of hydrogen-bond donors (Lipinski definition) is 0. The highest BCUT2D eigenvalue weighted by Crippen LogP contribution is 2.26. The Morgan fingerprint density at radius 1 is 1.21 bits per heavy atom. The zero-order valence-corrected chi connectivity index (χ0v) is 14.8. The zero-order valence-electron chi connectivity index (χ0n) is 14.0. The van der Waals surface area contributed by atoms with Crippen molar-refractivity contribution >= 4 is 23.6 Å². The molecule has 0 saturated carbocycles. The van der Waals surface area contributed by atoms with Gasteiger partial charge in [-0.25, -0.2) is 0 Å². The van der Waals surface area contributed by atoms with Crippen molar-refractivity contribution in [3.05, 3.63) is 24.3 Å². The Bertz CT molecular complexity index is 548. The van der Waals surface area contributed by atoms with E-state index in [-0.39, 0.29) is 30.1 Å². The standard InChI is InChI=1S/C17H23NO5S/c1-3-22-17(20)9-8-15(19)18-10-11-24-16(18)12-23-14-6-4-13(21-2)5-7-14/h4-7,16H,3,8-12H2,1-2H3. The highest BCUT2D eigenvalue weighted by molar-refractivity contribution is 8.00. The van der Waals surface area contributed by atoms with Crippen LogP contribution in [0.15, 0.2) is 24.3 Å². The van der Waals surface area contributed by atoms with Gasteiger partial charge in [0.2, 0.25) is 5.91 Å². The van der Waals surface area contributed by atoms with Crippen LogP contribution in [0.2, 0.25) is 0 Å². The summed E-state index contributed by atoms with van der Waals surface area (Å²) in [5.74, 6) is 2.03. The lowest BCUT2D eigenvalue weighted by Gasteiger charge is -2.23. The van der Waals surface area contributed by atoms with Crippen molar-refractivity contribution in [3.63, 3.8) is 0 Å². The Hall–Kier alpha value is -1.89. The van der Waals surface area contributed by atoms with Crippen LogP contribution in [0.5, 0.6) is 11.5 Å². The molecule has 0 spiro atoms. The van der Waals surface area contributed by atoms with Crippen molar-refractivity contribution < 1.29 is 23.8 Å². The first-order valence-corrected chi connectivity index (χ1v) is 9.02. The molecule has 0 N–H and O–H groups in total. The molecule has 1 heterocycles. The van der Waals surface area contributed by atoms with Crippen LogP contribution in [-0.2, 0) is 14.3 Å². The van der Waals surface area contributed by atoms with Crippen LogP contribution in [0.3, 0.4) is 0 Å². The maximum atomic E-state index is 12.3. The molecule has 7 heteroatoms. The molecule has 1 aliphatic rings. The molecule has 1 saturated heterocycles. The third kappa shape index (κ3) is 5.33. The van der Waals surface area contributed by atoms with E-state index in [2.05, 4.69) is 0 Å². The molecule has 1 aromatic rings. The van der Waals surface area contributed by atoms with E-state index in [1.54, 1.807) is 30.7 Å². The minimum atomic E-state index is -0.330. The normalized spacial score (nSPS) is 16.8. The molecule has 1 fully saturated rings. The first-order chi connectivity index (χ1) is 11.6. The number of thioether (sulfide) groups is 1. The van der Waals surface area contributed by atoms with E-state index < -0.39 is 0 Å². The Labute approximate surface area is 146 Å². The van der Waals surface area contributed by atoms with Crippen molar-refractivity contribution in [3.8, 4) is 11.5 Å². The number of rotatable bonds is 8. The number of nitrogens with zero attached hydrogens (tertiary/aromatic N) is 1. The van der Waals surface area contributed by atoms with Crippen LogP contribution in [0.4, 0.5) is 0 Å². The van der Waals surface area contributed by atoms with Gasteiger partial charge in [0, 0.05) is 18.7 Å². The fourth-order valence-corrected chi connectivity index (χ4v) is 3.51. The summed E-state index contributed by atoms with van der Waals surface area (Å²) in [6.07, 6.45) is 0.304. The first kappa shape index (κ1) is 18.4. The monoisotopic (exact) mass is 353 g/mol. The van der Waals surface area contributed by atoms with E-state index in [0.29, 0.717) is 19.8 Å². The van der Waals surface area contributed by atoms with Gasteiger partial charge in [-0.15, -0.1) is 11.8 Å². The van der Waals surface area contributed by atoms with Crippen LogP contribution in [0.1, 0.15) is 19.8 Å². The largest absolute Gasteiger partial charge is 0.497 e. The number of methoxy groups -OCH3 is 1. The summed E-state index contributed by atoms with van der Waals surface area (Å²) >= 11 is 1.69. The van der Waals surface area contributed by atoms with Gasteiger partial charge in [-0.2, -0.15) is 0 Å². The predicted molar refractivity (Wildman–Crippen MR) is 92.3 cm³/mol. The lowest BCUT2D eigenvalue weighted by molar-refractivity contribution is -0.145. The van der Waals surface area contributed by atoms with Crippen molar-refractivity contribution in [2.24, 2.45) is 0 Å². The van der Waals surface area contributed by atoms with Gasteiger partial charge in [-0.05, 0) is 31.2 Å². The molecule has 1 aromatic carbocycles. The van der Waals surface area contributed by atoms with Gasteiger partial charge in [-0.3, -0.25) is 9.59 Å². The highest BCUT2D eigenvalue weighted by Gasteiger charge is 2.30. The molecule has 132 valence electrons. The smallest absolute Gasteiger partial charge is 0.306 e. The zero-order chi connectivity index (χ0) is 17.4. The average molecular weight is 353 g/mol. The van der Waals surface area contributed by atoms with E-state index >= 15 is 0 Å². The van der Waals surface area contributed by atoms with Gasteiger partial charge >= 0.3 is 5.97 Å². The van der Waals surface area contributed by atoms with Crippen LogP contribution in [0, 0.1) is 0 Å². The van der Waals surface area contributed by atoms with Gasteiger partial charge in [0.25, 0.3) is 0 Å². The molecule has 6 nitrogen and oxygen atoms in total. The fraction of sp³-hybridized carbons (Fsp3) is 0.529. The summed E-state index contributed by atoms with van der Waals surface area (Å²) in [6.45, 7) is 3.19. The Kier molecular flexibility index (Phi) is 7.24. The molecule has 1 unspecified atom stereocenters. The SMILES string of the molecule is CCOC(=O)CCC(=O)N1CCSC1COc1ccc(OC)cc1. The number of carbonyl (C=O) groups is 2. The molecular weight excluding hydrogens is 330 g/mol. The third-order valence-electron chi connectivity index (χ3n) is 3.61. The molecular formula is C17H23NO5S. The summed E-state index contributed by atoms with van der Waals surface area (Å²) in [6, 6.07) is 7.34. The van der Waals surface area contributed by atoms with Crippen molar-refractivity contribution in [2.45, 2.75) is 25.1 Å². The van der Waals surface area contributed by atoms with E-state index in [0.717, 1.165) is 17.3 Å². The molecule has 1 amide bonds. The van der Waals surface area contributed by atoms with Crippen LogP contribution >= 0.6 is 11.8 Å². The topological polar surface area (TPSA) is 65.1 Å². The number of ether oxygens (including phenoxy) is 3. The van der Waals surface area contributed by atoms with Crippen molar-refractivity contribution in [1.29, 1.82) is 0 Å². The Morgan fingerprint density at radius 2 is 1.92 bits per heavy atom. The van der Waals surface area contributed by atoms with E-state index in [9.17, 15) is 9.59 Å². The van der Waals surface area contributed by atoms with E-state index in [1.807, 2.05) is 24.3 Å². The predicted octanol–water partition coefficient (Wildman–Crippen LogP) is 2.32. The first-order valence-electron chi connectivity index (χ1n) is 7.97. The lowest BCUT2D eigenvalue weighted by Crippen LogP contribution is -2.38. The fourth-order valence-electron chi connectivity index (χ4n) is 2.37. The second kappa shape index (κ2) is 9.42. The van der Waals surface area contributed by atoms with Crippen molar-refractivity contribution in [1.82, 2.24) is 4.90 Å². The summed E-state index contributed by atoms with van der Waals surface area (Å²) in [4.78, 5) is 25.5. The van der Waals surface area contributed by atoms with Gasteiger partial charge in [-0.1, -0.05) is 0 Å². The molecule has 1 atom stereocenters. The maximum absolute atomic E-state index is 12.3. The van der Waals surface area contributed by atoms with Crippen molar-refractivity contribution in [2.75, 3.05) is 32.6 Å². The minimum Gasteiger partial charge on any atom is -0.497 e. The van der Waals surface area contributed by atoms with Crippen LogP contribution < -0.4 is 9.47 Å². The molecule has 2 rings (SSSR count). The van der Waals surface area contributed by atoms with Gasteiger partial charge in [0.1, 0.15) is 23.5 Å². The van der Waals surface area contributed by atoms with E-state index in [1.165, 1.54) is 0 Å². The summed E-state index contributed by atoms with van der Waals surface area (Å²) < 4.78 is 15.7. The van der Waals surface area contributed by atoms with Crippen LogP contribution in [-0.4, -0.2) is 54.8 Å². The number of hydrogen-bond acceptors (Lipinski definition) is 6. The Morgan fingerprint density at radius 3 is 2.58 bits per heavy atom. The number of esters is 1. The second-order valence-corrected chi connectivity index (χ2v) is 6.49. The highest BCUT2D eigenvalue weighted by atomic mass is 32.2. The van der Waals surface area contributed by atoms with Crippen LogP contribution in [0.25, 0.3) is 0 Å². The molecule has 1 aliphatic heterocycles. The minimum absolute atomic E-state index is 0.0261. The molecule has 0 bridgehead atoms. The molecule has 0 aliphatic carbocycles. The molecule has 0 aromatic heterocycles. The number of benzene rings is 1. The second-order valence-electron chi connectivity index (χ2n) is 5.20. The van der Waals surface area contributed by atoms with Gasteiger partial charge < -0.3 is 19.1 Å². The summed E-state index contributed by atoms with van der Waals surface area (Å²) in [5, 5.41) is -0.0261. The summed E-state index contributed by atoms with van der Waals surface area (Å²) in [5.41, 5.74) is 0. The Balaban J connectivity index is 1.81.